The van der Waals surface area contributed by atoms with Crippen LogP contribution in [0.1, 0.15) is 23.2 Å². The van der Waals surface area contributed by atoms with Crippen LogP contribution >= 0.6 is 0 Å². The molecule has 0 aliphatic heterocycles. The Morgan fingerprint density at radius 3 is 2.52 bits per heavy atom. The third-order valence-electron chi connectivity index (χ3n) is 4.45. The van der Waals surface area contributed by atoms with E-state index >= 15 is 0 Å². The summed E-state index contributed by atoms with van der Waals surface area (Å²) in [5.41, 5.74) is 0.525. The first kappa shape index (κ1) is 21.9. The lowest BCUT2D eigenvalue weighted by Crippen LogP contribution is -2.37. The highest BCUT2D eigenvalue weighted by Gasteiger charge is 2.21. The number of rotatable bonds is 9. The van der Waals surface area contributed by atoms with Gasteiger partial charge in [-0.3, -0.25) is 9.59 Å². The third-order valence-corrected chi connectivity index (χ3v) is 4.45. The SMILES string of the molecule is CCN(CC(=O)Nc1ccccc1OC)C(=O)c1ccc(COc2ccc(F)cc2)o1. The molecule has 2 amide bonds. The van der Waals surface area contributed by atoms with E-state index < -0.39 is 5.91 Å². The fourth-order valence-electron chi connectivity index (χ4n) is 2.85. The molecule has 1 aromatic heterocycles. The molecule has 0 aliphatic carbocycles. The number of methoxy groups -OCH3 is 1. The second-order valence-corrected chi connectivity index (χ2v) is 6.58. The topological polar surface area (TPSA) is 81.0 Å². The van der Waals surface area contributed by atoms with E-state index in [1.54, 1.807) is 37.3 Å². The minimum atomic E-state index is -0.411. The maximum Gasteiger partial charge on any atom is 0.290 e. The van der Waals surface area contributed by atoms with Crippen molar-refractivity contribution in [2.75, 3.05) is 25.5 Å². The van der Waals surface area contributed by atoms with E-state index in [4.69, 9.17) is 13.9 Å². The van der Waals surface area contributed by atoms with Gasteiger partial charge in [0.05, 0.1) is 12.8 Å². The van der Waals surface area contributed by atoms with Crippen LogP contribution in [-0.2, 0) is 11.4 Å². The Bertz CT molecular complexity index is 1030. The molecule has 0 aliphatic rings. The van der Waals surface area contributed by atoms with Crippen LogP contribution in [-0.4, -0.2) is 36.9 Å². The molecular weight excluding hydrogens is 403 g/mol. The van der Waals surface area contributed by atoms with Crippen molar-refractivity contribution in [3.05, 3.63) is 78.0 Å². The number of halogens is 1. The minimum Gasteiger partial charge on any atom is -0.495 e. The molecule has 0 radical (unpaired) electrons. The summed E-state index contributed by atoms with van der Waals surface area (Å²) >= 11 is 0. The molecule has 0 fully saturated rings. The summed E-state index contributed by atoms with van der Waals surface area (Å²) in [5, 5.41) is 2.75. The van der Waals surface area contributed by atoms with E-state index in [2.05, 4.69) is 5.32 Å². The van der Waals surface area contributed by atoms with E-state index in [0.717, 1.165) is 0 Å². The predicted octanol–water partition coefficient (Wildman–Crippen LogP) is 4.11. The van der Waals surface area contributed by atoms with Gasteiger partial charge in [0.1, 0.15) is 36.2 Å². The summed E-state index contributed by atoms with van der Waals surface area (Å²) in [6, 6.07) is 15.8. The van der Waals surface area contributed by atoms with Gasteiger partial charge in [-0.25, -0.2) is 4.39 Å². The lowest BCUT2D eigenvalue weighted by molar-refractivity contribution is -0.116. The molecule has 8 heteroatoms. The van der Waals surface area contributed by atoms with Gasteiger partial charge in [-0.05, 0) is 55.5 Å². The number of hydrogen-bond donors (Lipinski definition) is 1. The molecule has 2 aromatic carbocycles. The number of furan rings is 1. The van der Waals surface area contributed by atoms with Gasteiger partial charge in [-0.2, -0.15) is 0 Å². The van der Waals surface area contributed by atoms with Gasteiger partial charge in [0, 0.05) is 6.54 Å². The number of hydrogen-bond acceptors (Lipinski definition) is 5. The fraction of sp³-hybridized carbons (Fsp3) is 0.217. The summed E-state index contributed by atoms with van der Waals surface area (Å²) < 4.78 is 29.3. The molecule has 3 aromatic rings. The van der Waals surface area contributed by atoms with Crippen molar-refractivity contribution in [1.29, 1.82) is 0 Å². The van der Waals surface area contributed by atoms with E-state index in [1.165, 1.54) is 42.3 Å². The van der Waals surface area contributed by atoms with Crippen molar-refractivity contribution in [3.8, 4) is 11.5 Å². The van der Waals surface area contributed by atoms with Gasteiger partial charge in [-0.15, -0.1) is 0 Å². The van der Waals surface area contributed by atoms with Crippen molar-refractivity contribution in [1.82, 2.24) is 4.90 Å². The Balaban J connectivity index is 1.58. The molecule has 3 rings (SSSR count). The fourth-order valence-corrected chi connectivity index (χ4v) is 2.85. The van der Waals surface area contributed by atoms with Crippen LogP contribution in [0.3, 0.4) is 0 Å². The van der Waals surface area contributed by atoms with Gasteiger partial charge in [0.25, 0.3) is 5.91 Å². The molecule has 31 heavy (non-hydrogen) atoms. The van der Waals surface area contributed by atoms with Crippen molar-refractivity contribution >= 4 is 17.5 Å². The molecule has 0 atom stereocenters. The number of carbonyl (C=O) groups excluding carboxylic acids is 2. The quantitative estimate of drug-likeness (QED) is 0.557. The molecule has 0 spiro atoms. The minimum absolute atomic E-state index is 0.0827. The Morgan fingerprint density at radius 2 is 1.81 bits per heavy atom. The number of amides is 2. The van der Waals surface area contributed by atoms with Gasteiger partial charge in [0.2, 0.25) is 5.91 Å². The van der Waals surface area contributed by atoms with Crippen molar-refractivity contribution in [2.24, 2.45) is 0 Å². The standard InChI is InChI=1S/C23H23FN2O5/c1-3-26(14-22(27)25-19-6-4-5-7-20(19)29-2)23(28)21-13-12-18(31-21)15-30-17-10-8-16(24)9-11-17/h4-13H,3,14-15H2,1-2H3,(H,25,27). The molecule has 1 heterocycles. The zero-order valence-corrected chi connectivity index (χ0v) is 17.3. The molecule has 1 N–H and O–H groups in total. The lowest BCUT2D eigenvalue weighted by atomic mass is 10.3. The predicted molar refractivity (Wildman–Crippen MR) is 113 cm³/mol. The second-order valence-electron chi connectivity index (χ2n) is 6.58. The smallest absolute Gasteiger partial charge is 0.290 e. The van der Waals surface area contributed by atoms with Crippen LogP contribution in [0.25, 0.3) is 0 Å². The van der Waals surface area contributed by atoms with Crippen LogP contribution in [0, 0.1) is 5.82 Å². The maximum absolute atomic E-state index is 13.0. The summed E-state index contributed by atoms with van der Waals surface area (Å²) in [5.74, 6) is 0.423. The Morgan fingerprint density at radius 1 is 1.06 bits per heavy atom. The Hall–Kier alpha value is -3.81. The van der Waals surface area contributed by atoms with Gasteiger partial charge < -0.3 is 24.1 Å². The number of benzene rings is 2. The second kappa shape index (κ2) is 10.3. The number of para-hydroxylation sites is 2. The summed E-state index contributed by atoms with van der Waals surface area (Å²) in [7, 11) is 1.52. The Labute approximate surface area is 179 Å². The van der Waals surface area contributed by atoms with Crippen LogP contribution < -0.4 is 14.8 Å². The average Bonchev–Trinajstić information content (AvgIpc) is 3.26. The number of nitrogens with zero attached hydrogens (tertiary/aromatic N) is 1. The molecule has 162 valence electrons. The molecule has 0 unspecified atom stereocenters. The highest BCUT2D eigenvalue weighted by Crippen LogP contribution is 2.23. The first-order chi connectivity index (χ1) is 15.0. The highest BCUT2D eigenvalue weighted by atomic mass is 19.1. The highest BCUT2D eigenvalue weighted by molar-refractivity contribution is 5.98. The Kier molecular flexibility index (Phi) is 7.26. The lowest BCUT2D eigenvalue weighted by Gasteiger charge is -2.19. The normalized spacial score (nSPS) is 10.4. The van der Waals surface area contributed by atoms with Crippen molar-refractivity contribution in [2.45, 2.75) is 13.5 Å². The van der Waals surface area contributed by atoms with Crippen LogP contribution in [0.15, 0.2) is 65.1 Å². The first-order valence-electron chi connectivity index (χ1n) is 9.69. The number of likely N-dealkylation sites (N-methyl/N-ethyl adjacent to an activating group) is 1. The van der Waals surface area contributed by atoms with Crippen molar-refractivity contribution in [3.63, 3.8) is 0 Å². The van der Waals surface area contributed by atoms with Crippen LogP contribution in [0.4, 0.5) is 10.1 Å². The third kappa shape index (κ3) is 5.85. The first-order valence-corrected chi connectivity index (χ1v) is 9.69. The van der Waals surface area contributed by atoms with E-state index in [9.17, 15) is 14.0 Å². The van der Waals surface area contributed by atoms with Gasteiger partial charge in [0.15, 0.2) is 5.76 Å². The monoisotopic (exact) mass is 426 g/mol. The molecule has 0 saturated heterocycles. The van der Waals surface area contributed by atoms with E-state index in [1.807, 2.05) is 0 Å². The zero-order chi connectivity index (χ0) is 22.2. The van der Waals surface area contributed by atoms with Crippen molar-refractivity contribution < 1.29 is 27.9 Å². The number of anilines is 1. The molecular formula is C23H23FN2O5. The van der Waals surface area contributed by atoms with Crippen LogP contribution in [0.5, 0.6) is 11.5 Å². The summed E-state index contributed by atoms with van der Waals surface area (Å²) in [6.07, 6.45) is 0. The summed E-state index contributed by atoms with van der Waals surface area (Å²) in [4.78, 5) is 26.6. The van der Waals surface area contributed by atoms with E-state index in [-0.39, 0.29) is 30.6 Å². The number of nitrogens with one attached hydrogen (secondary N) is 1. The average molecular weight is 426 g/mol. The number of ether oxygens (including phenoxy) is 2. The van der Waals surface area contributed by atoms with Gasteiger partial charge >= 0.3 is 0 Å². The van der Waals surface area contributed by atoms with E-state index in [0.29, 0.717) is 29.5 Å². The number of carbonyl (C=O) groups is 2. The maximum atomic E-state index is 13.0. The zero-order valence-electron chi connectivity index (χ0n) is 17.3. The van der Waals surface area contributed by atoms with Gasteiger partial charge in [-0.1, -0.05) is 12.1 Å². The molecule has 0 saturated carbocycles. The van der Waals surface area contributed by atoms with Crippen LogP contribution in [0.2, 0.25) is 0 Å². The summed E-state index contributed by atoms with van der Waals surface area (Å²) in [6.45, 7) is 2.03. The largest absolute Gasteiger partial charge is 0.495 e. The molecule has 0 bridgehead atoms. The molecule has 7 nitrogen and oxygen atoms in total.